The van der Waals surface area contributed by atoms with Crippen LogP contribution in [-0.2, 0) is 4.84 Å². The van der Waals surface area contributed by atoms with Gasteiger partial charge in [-0.15, -0.1) is 0 Å². The van der Waals surface area contributed by atoms with Crippen LogP contribution in [0.1, 0.15) is 29.2 Å². The number of aromatic nitrogens is 1. The highest BCUT2D eigenvalue weighted by Gasteiger charge is 2.50. The Labute approximate surface area is 169 Å². The third kappa shape index (κ3) is 2.63. The molecule has 158 valence electrons. The molecule has 1 spiro atoms. The molecule has 0 amide bonds. The lowest BCUT2D eigenvalue weighted by atomic mass is 9.79. The summed E-state index contributed by atoms with van der Waals surface area (Å²) in [4.78, 5) is 30.6. The van der Waals surface area contributed by atoms with E-state index in [9.17, 15) is 14.7 Å². The standard InChI is InChI=1S/C20H20F2N4O4/c1-30-24-14-6-25(9-20(14)7-23-8-20)17-13(21)4-11-16(15(17)22)26(10-2-3-10)5-12(18(11)27)19(28)29/h4-5,10,23H,2-3,6-9H2,1H3,(H,28,29)/b24-14+. The highest BCUT2D eigenvalue weighted by atomic mass is 19.1. The lowest BCUT2D eigenvalue weighted by molar-refractivity contribution is 0.0694. The number of nitrogens with zero attached hydrogens (tertiary/aromatic N) is 3. The van der Waals surface area contributed by atoms with Gasteiger partial charge in [0, 0.05) is 31.9 Å². The van der Waals surface area contributed by atoms with Crippen LogP contribution in [0.3, 0.4) is 0 Å². The van der Waals surface area contributed by atoms with Gasteiger partial charge in [-0.05, 0) is 18.9 Å². The summed E-state index contributed by atoms with van der Waals surface area (Å²) in [5.74, 6) is -3.17. The van der Waals surface area contributed by atoms with Gasteiger partial charge in [0.1, 0.15) is 24.2 Å². The monoisotopic (exact) mass is 418 g/mol. The second kappa shape index (κ2) is 6.49. The van der Waals surface area contributed by atoms with Gasteiger partial charge in [-0.25, -0.2) is 13.6 Å². The molecule has 2 aromatic rings. The van der Waals surface area contributed by atoms with E-state index in [-0.39, 0.29) is 34.6 Å². The van der Waals surface area contributed by atoms with Crippen LogP contribution < -0.4 is 15.6 Å². The van der Waals surface area contributed by atoms with Crippen molar-refractivity contribution in [3.63, 3.8) is 0 Å². The van der Waals surface area contributed by atoms with Crippen molar-refractivity contribution >= 4 is 28.3 Å². The number of pyridine rings is 1. The van der Waals surface area contributed by atoms with E-state index in [1.54, 1.807) is 4.90 Å². The van der Waals surface area contributed by atoms with Crippen molar-refractivity contribution in [2.75, 3.05) is 38.2 Å². The number of halogens is 2. The SMILES string of the molecule is CO/N=C1\CN(c2c(F)cc3c(=O)c(C(=O)O)cn(C4CC4)c3c2F)CC12CNC2. The first-order chi connectivity index (χ1) is 14.4. The molecule has 0 bridgehead atoms. The van der Waals surface area contributed by atoms with E-state index in [1.165, 1.54) is 17.9 Å². The van der Waals surface area contributed by atoms with Gasteiger partial charge < -0.3 is 24.7 Å². The third-order valence-corrected chi connectivity index (χ3v) is 6.25. The maximum Gasteiger partial charge on any atom is 0.341 e. The number of nitrogens with one attached hydrogen (secondary N) is 1. The molecule has 1 aromatic heterocycles. The summed E-state index contributed by atoms with van der Waals surface area (Å²) >= 11 is 0. The van der Waals surface area contributed by atoms with E-state index >= 15 is 8.78 Å². The van der Waals surface area contributed by atoms with Crippen LogP contribution in [0, 0.1) is 17.0 Å². The van der Waals surface area contributed by atoms with E-state index in [2.05, 4.69) is 10.5 Å². The second-order valence-electron chi connectivity index (χ2n) is 8.19. The van der Waals surface area contributed by atoms with Crippen molar-refractivity contribution in [2.24, 2.45) is 10.6 Å². The van der Waals surface area contributed by atoms with Crippen LogP contribution in [0.4, 0.5) is 14.5 Å². The molecule has 8 nitrogen and oxygen atoms in total. The van der Waals surface area contributed by atoms with Crippen LogP contribution in [0.25, 0.3) is 10.9 Å². The average Bonchev–Trinajstić information content (AvgIpc) is 3.43. The molecule has 0 atom stereocenters. The molecule has 5 rings (SSSR count). The number of fused-ring (bicyclic) bond motifs is 1. The summed E-state index contributed by atoms with van der Waals surface area (Å²) in [5.41, 5.74) is -1.29. The molecule has 1 aliphatic carbocycles. The summed E-state index contributed by atoms with van der Waals surface area (Å²) in [6, 6.07) is 0.851. The third-order valence-electron chi connectivity index (χ3n) is 6.25. The van der Waals surface area contributed by atoms with Crippen molar-refractivity contribution in [1.82, 2.24) is 9.88 Å². The first-order valence-corrected chi connectivity index (χ1v) is 9.72. The summed E-state index contributed by atoms with van der Waals surface area (Å²) in [6.45, 7) is 1.84. The van der Waals surface area contributed by atoms with E-state index < -0.39 is 28.6 Å². The van der Waals surface area contributed by atoms with Crippen LogP contribution >= 0.6 is 0 Å². The van der Waals surface area contributed by atoms with Crippen molar-refractivity contribution in [3.05, 3.63) is 39.7 Å². The number of aromatic carboxylic acids is 1. The molecular weight excluding hydrogens is 398 g/mol. The highest BCUT2D eigenvalue weighted by molar-refractivity contribution is 5.99. The van der Waals surface area contributed by atoms with Crippen molar-refractivity contribution in [2.45, 2.75) is 18.9 Å². The van der Waals surface area contributed by atoms with Gasteiger partial charge >= 0.3 is 5.97 Å². The van der Waals surface area contributed by atoms with Gasteiger partial charge in [0.05, 0.1) is 28.6 Å². The van der Waals surface area contributed by atoms with Crippen molar-refractivity contribution in [3.8, 4) is 0 Å². The Morgan fingerprint density at radius 1 is 1.37 bits per heavy atom. The number of benzene rings is 1. The van der Waals surface area contributed by atoms with Crippen LogP contribution in [0.5, 0.6) is 0 Å². The Morgan fingerprint density at radius 2 is 2.10 bits per heavy atom. The van der Waals surface area contributed by atoms with Gasteiger partial charge in [0.2, 0.25) is 5.43 Å². The summed E-state index contributed by atoms with van der Waals surface area (Å²) in [7, 11) is 1.43. The lowest BCUT2D eigenvalue weighted by Gasteiger charge is -2.39. The highest BCUT2D eigenvalue weighted by Crippen LogP contribution is 2.42. The van der Waals surface area contributed by atoms with Crippen molar-refractivity contribution in [1.29, 1.82) is 0 Å². The molecule has 3 aliphatic rings. The predicted molar refractivity (Wildman–Crippen MR) is 105 cm³/mol. The number of carboxylic acid groups (broad SMARTS) is 1. The van der Waals surface area contributed by atoms with Crippen LogP contribution in [0.15, 0.2) is 22.2 Å². The van der Waals surface area contributed by atoms with Crippen LogP contribution in [0.2, 0.25) is 0 Å². The number of hydrogen-bond donors (Lipinski definition) is 2. The van der Waals surface area contributed by atoms with Gasteiger partial charge in [-0.3, -0.25) is 4.79 Å². The number of carbonyl (C=O) groups is 1. The van der Waals surface area contributed by atoms with Crippen molar-refractivity contribution < 1.29 is 23.5 Å². The van der Waals surface area contributed by atoms with Gasteiger partial charge in [-0.1, -0.05) is 5.16 Å². The molecule has 2 aliphatic heterocycles. The van der Waals surface area contributed by atoms with E-state index in [0.717, 1.165) is 18.9 Å². The van der Waals surface area contributed by atoms with E-state index in [0.29, 0.717) is 25.3 Å². The maximum atomic E-state index is 15.8. The molecule has 2 N–H and O–H groups in total. The molecule has 1 saturated carbocycles. The molecule has 3 heterocycles. The smallest absolute Gasteiger partial charge is 0.341 e. The zero-order chi connectivity index (χ0) is 21.2. The topological polar surface area (TPSA) is 96.2 Å². The fourth-order valence-electron chi connectivity index (χ4n) is 4.51. The zero-order valence-corrected chi connectivity index (χ0v) is 16.2. The lowest BCUT2D eigenvalue weighted by Crippen LogP contribution is -2.58. The Kier molecular flexibility index (Phi) is 4.11. The molecule has 30 heavy (non-hydrogen) atoms. The summed E-state index contributed by atoms with van der Waals surface area (Å²) in [5, 5.41) is 16.3. The van der Waals surface area contributed by atoms with Gasteiger partial charge in [0.25, 0.3) is 0 Å². The Balaban J connectivity index is 1.70. The molecule has 3 fully saturated rings. The fourth-order valence-corrected chi connectivity index (χ4v) is 4.51. The van der Waals surface area contributed by atoms with E-state index in [4.69, 9.17) is 4.84 Å². The first-order valence-electron chi connectivity index (χ1n) is 9.72. The van der Waals surface area contributed by atoms with E-state index in [1.807, 2.05) is 0 Å². The second-order valence-corrected chi connectivity index (χ2v) is 8.19. The Bertz CT molecular complexity index is 1170. The van der Waals surface area contributed by atoms with Gasteiger partial charge in [0.15, 0.2) is 5.82 Å². The molecule has 10 heteroatoms. The molecule has 2 saturated heterocycles. The minimum absolute atomic E-state index is 0.0539. The molecule has 0 unspecified atom stereocenters. The quantitative estimate of drug-likeness (QED) is 0.735. The number of rotatable bonds is 4. The number of carboxylic acids is 1. The van der Waals surface area contributed by atoms with Crippen LogP contribution in [-0.4, -0.2) is 54.6 Å². The summed E-state index contributed by atoms with van der Waals surface area (Å²) < 4.78 is 32.3. The predicted octanol–water partition coefficient (Wildman–Crippen LogP) is 1.72. The number of oxime groups is 1. The fraction of sp³-hybridized carbons (Fsp3) is 0.450. The first kappa shape index (κ1) is 19.0. The Hall–Kier alpha value is -3.01. The minimum atomic E-state index is -1.42. The maximum absolute atomic E-state index is 15.8. The number of anilines is 1. The Morgan fingerprint density at radius 3 is 2.67 bits per heavy atom. The molecular formula is C20H20F2N4O4. The van der Waals surface area contributed by atoms with Gasteiger partial charge in [-0.2, -0.15) is 0 Å². The summed E-state index contributed by atoms with van der Waals surface area (Å²) in [6.07, 6.45) is 2.66. The minimum Gasteiger partial charge on any atom is -0.477 e. The molecule has 0 radical (unpaired) electrons. The normalized spacial score (nSPS) is 21.4. The zero-order valence-electron chi connectivity index (χ0n) is 16.2. The molecule has 1 aromatic carbocycles. The largest absolute Gasteiger partial charge is 0.477 e. The number of hydrogen-bond acceptors (Lipinski definition) is 6. The average molecular weight is 418 g/mol.